The fraction of sp³-hybridized carbons (Fsp3) is 0.429. The average Bonchev–Trinajstić information content (AvgIpc) is 2.45. The largest absolute Gasteiger partial charge is 0.399 e. The number of thioether (sulfide) groups is 1. The molecule has 1 fully saturated rings. The van der Waals surface area contributed by atoms with Crippen molar-refractivity contribution >= 4 is 29.3 Å². The molecule has 3 N–H and O–H groups in total. The van der Waals surface area contributed by atoms with Crippen molar-refractivity contribution in [1.29, 1.82) is 0 Å². The van der Waals surface area contributed by atoms with Gasteiger partial charge >= 0.3 is 0 Å². The molecule has 1 aromatic carbocycles. The quantitative estimate of drug-likeness (QED) is 0.814. The van der Waals surface area contributed by atoms with Crippen LogP contribution in [-0.2, 0) is 4.79 Å². The van der Waals surface area contributed by atoms with E-state index in [0.717, 1.165) is 18.1 Å². The van der Waals surface area contributed by atoms with E-state index in [-0.39, 0.29) is 24.4 Å². The summed E-state index contributed by atoms with van der Waals surface area (Å²) in [6.45, 7) is 2.83. The van der Waals surface area contributed by atoms with Gasteiger partial charge in [0.1, 0.15) is 0 Å². The molecule has 1 aromatic rings. The predicted molar refractivity (Wildman–Crippen MR) is 81.7 cm³/mol. The lowest BCUT2D eigenvalue weighted by Crippen LogP contribution is -2.48. The number of anilines is 1. The van der Waals surface area contributed by atoms with Gasteiger partial charge in [-0.1, -0.05) is 0 Å². The molecule has 0 aliphatic carbocycles. The monoisotopic (exact) mass is 293 g/mol. The Kier molecular flexibility index (Phi) is 4.89. The van der Waals surface area contributed by atoms with Crippen LogP contribution in [0.15, 0.2) is 24.3 Å². The molecule has 5 nitrogen and oxygen atoms in total. The number of rotatable bonds is 3. The smallest absolute Gasteiger partial charge is 0.251 e. The number of nitrogens with zero attached hydrogens (tertiary/aromatic N) is 1. The molecule has 0 spiro atoms. The maximum absolute atomic E-state index is 12.1. The summed E-state index contributed by atoms with van der Waals surface area (Å²) in [5.41, 5.74) is 6.68. The van der Waals surface area contributed by atoms with Gasteiger partial charge in [-0.2, -0.15) is 11.8 Å². The van der Waals surface area contributed by atoms with E-state index in [9.17, 15) is 9.59 Å². The van der Waals surface area contributed by atoms with Crippen LogP contribution in [0.3, 0.4) is 0 Å². The Morgan fingerprint density at radius 2 is 2.10 bits per heavy atom. The maximum Gasteiger partial charge on any atom is 0.251 e. The van der Waals surface area contributed by atoms with Gasteiger partial charge < -0.3 is 16.0 Å². The number of carbonyl (C=O) groups excluding carboxylic acids is 2. The first kappa shape index (κ1) is 14.7. The SMILES string of the molecule is CC1CSCCN1C(=O)CNC(=O)c1ccc(N)cc1. The second-order valence-electron chi connectivity index (χ2n) is 4.82. The first-order chi connectivity index (χ1) is 9.58. The van der Waals surface area contributed by atoms with Crippen molar-refractivity contribution in [2.24, 2.45) is 0 Å². The highest BCUT2D eigenvalue weighted by Gasteiger charge is 2.23. The van der Waals surface area contributed by atoms with Crippen molar-refractivity contribution in [2.75, 3.05) is 30.3 Å². The zero-order valence-corrected chi connectivity index (χ0v) is 12.3. The summed E-state index contributed by atoms with van der Waals surface area (Å²) in [6, 6.07) is 6.86. The first-order valence-corrected chi connectivity index (χ1v) is 7.74. The van der Waals surface area contributed by atoms with Crippen LogP contribution in [0.5, 0.6) is 0 Å². The van der Waals surface area contributed by atoms with Crippen molar-refractivity contribution < 1.29 is 9.59 Å². The van der Waals surface area contributed by atoms with Gasteiger partial charge in [0.25, 0.3) is 5.91 Å². The Hall–Kier alpha value is -1.69. The van der Waals surface area contributed by atoms with Gasteiger partial charge in [-0.05, 0) is 31.2 Å². The van der Waals surface area contributed by atoms with Crippen LogP contribution in [0.4, 0.5) is 5.69 Å². The third kappa shape index (κ3) is 3.66. The zero-order valence-electron chi connectivity index (χ0n) is 11.5. The van der Waals surface area contributed by atoms with Gasteiger partial charge in [-0.3, -0.25) is 9.59 Å². The molecule has 108 valence electrons. The van der Waals surface area contributed by atoms with Crippen LogP contribution in [0.2, 0.25) is 0 Å². The molecule has 1 atom stereocenters. The lowest BCUT2D eigenvalue weighted by atomic mass is 10.2. The van der Waals surface area contributed by atoms with Crippen molar-refractivity contribution in [3.63, 3.8) is 0 Å². The van der Waals surface area contributed by atoms with Crippen molar-refractivity contribution in [1.82, 2.24) is 10.2 Å². The molecular formula is C14H19N3O2S. The number of nitrogens with one attached hydrogen (secondary N) is 1. The molecule has 0 aromatic heterocycles. The third-order valence-corrected chi connectivity index (χ3v) is 4.45. The second-order valence-corrected chi connectivity index (χ2v) is 5.97. The average molecular weight is 293 g/mol. The Labute approximate surface area is 122 Å². The van der Waals surface area contributed by atoms with E-state index in [2.05, 4.69) is 5.32 Å². The minimum atomic E-state index is -0.252. The zero-order chi connectivity index (χ0) is 14.5. The maximum atomic E-state index is 12.1. The summed E-state index contributed by atoms with van der Waals surface area (Å²) < 4.78 is 0. The molecule has 1 aliphatic rings. The topological polar surface area (TPSA) is 75.4 Å². The highest BCUT2D eigenvalue weighted by Crippen LogP contribution is 2.15. The summed E-state index contributed by atoms with van der Waals surface area (Å²) in [5, 5.41) is 2.66. The Bertz CT molecular complexity index is 490. The number of amides is 2. The highest BCUT2D eigenvalue weighted by atomic mass is 32.2. The summed E-state index contributed by atoms with van der Waals surface area (Å²) in [6.07, 6.45) is 0. The van der Waals surface area contributed by atoms with E-state index in [1.807, 2.05) is 23.6 Å². The van der Waals surface area contributed by atoms with Crippen molar-refractivity contribution in [2.45, 2.75) is 13.0 Å². The summed E-state index contributed by atoms with van der Waals surface area (Å²) in [4.78, 5) is 25.8. The number of carbonyl (C=O) groups is 2. The molecule has 0 bridgehead atoms. The Balaban J connectivity index is 1.86. The molecule has 1 saturated heterocycles. The van der Waals surface area contributed by atoms with E-state index in [0.29, 0.717) is 11.3 Å². The number of benzene rings is 1. The van der Waals surface area contributed by atoms with E-state index in [1.54, 1.807) is 24.3 Å². The van der Waals surface area contributed by atoms with E-state index < -0.39 is 0 Å². The van der Waals surface area contributed by atoms with Gasteiger partial charge in [-0.15, -0.1) is 0 Å². The lowest BCUT2D eigenvalue weighted by molar-refractivity contribution is -0.131. The van der Waals surface area contributed by atoms with Gasteiger partial charge in [0, 0.05) is 35.3 Å². The van der Waals surface area contributed by atoms with Crippen LogP contribution in [0.25, 0.3) is 0 Å². The summed E-state index contributed by atoms with van der Waals surface area (Å²) in [7, 11) is 0. The highest BCUT2D eigenvalue weighted by molar-refractivity contribution is 7.99. The molecule has 1 unspecified atom stereocenters. The fourth-order valence-corrected chi connectivity index (χ4v) is 3.11. The van der Waals surface area contributed by atoms with E-state index in [1.165, 1.54) is 0 Å². The number of hydrogen-bond acceptors (Lipinski definition) is 4. The lowest BCUT2D eigenvalue weighted by Gasteiger charge is -2.33. The van der Waals surface area contributed by atoms with E-state index >= 15 is 0 Å². The molecule has 2 amide bonds. The van der Waals surface area contributed by atoms with Gasteiger partial charge in [0.2, 0.25) is 5.91 Å². The number of hydrogen-bond donors (Lipinski definition) is 2. The predicted octanol–water partition coefficient (Wildman–Crippen LogP) is 0.962. The molecule has 20 heavy (non-hydrogen) atoms. The van der Waals surface area contributed by atoms with Crippen LogP contribution >= 0.6 is 11.8 Å². The normalized spacial score (nSPS) is 18.6. The first-order valence-electron chi connectivity index (χ1n) is 6.59. The number of nitrogen functional groups attached to an aromatic ring is 1. The van der Waals surface area contributed by atoms with Gasteiger partial charge in [0.15, 0.2) is 0 Å². The van der Waals surface area contributed by atoms with Crippen molar-refractivity contribution in [3.05, 3.63) is 29.8 Å². The molecule has 0 radical (unpaired) electrons. The second kappa shape index (κ2) is 6.65. The van der Waals surface area contributed by atoms with Gasteiger partial charge in [0.05, 0.1) is 6.54 Å². The van der Waals surface area contributed by atoms with Crippen LogP contribution in [0.1, 0.15) is 17.3 Å². The Morgan fingerprint density at radius 3 is 2.75 bits per heavy atom. The molecule has 2 rings (SSSR count). The Morgan fingerprint density at radius 1 is 1.40 bits per heavy atom. The molecule has 1 aliphatic heterocycles. The minimum Gasteiger partial charge on any atom is -0.399 e. The molecule has 1 heterocycles. The number of nitrogens with two attached hydrogens (primary N) is 1. The van der Waals surface area contributed by atoms with Gasteiger partial charge in [-0.25, -0.2) is 0 Å². The summed E-state index contributed by atoms with van der Waals surface area (Å²) in [5.74, 6) is 1.64. The van der Waals surface area contributed by atoms with Crippen molar-refractivity contribution in [3.8, 4) is 0 Å². The van der Waals surface area contributed by atoms with E-state index in [4.69, 9.17) is 5.73 Å². The summed E-state index contributed by atoms with van der Waals surface area (Å²) >= 11 is 1.85. The standard InChI is InChI=1S/C14H19N3O2S/c1-10-9-20-7-6-17(10)13(18)8-16-14(19)11-2-4-12(15)5-3-11/h2-5,10H,6-9,15H2,1H3,(H,16,19). The third-order valence-electron chi connectivity index (χ3n) is 3.26. The minimum absolute atomic E-state index is 0.0263. The van der Waals surface area contributed by atoms with Crippen LogP contribution < -0.4 is 11.1 Å². The van der Waals surface area contributed by atoms with Crippen LogP contribution in [-0.4, -0.2) is 47.4 Å². The molecular weight excluding hydrogens is 274 g/mol. The fourth-order valence-electron chi connectivity index (χ4n) is 2.09. The van der Waals surface area contributed by atoms with Crippen LogP contribution in [0, 0.1) is 0 Å². The molecule has 0 saturated carbocycles. The molecule has 6 heteroatoms.